The van der Waals surface area contributed by atoms with Crippen LogP contribution in [0.4, 0.5) is 0 Å². The number of nitrogens with two attached hydrogens (primary N) is 1. The Bertz CT molecular complexity index is 571. The van der Waals surface area contributed by atoms with Gasteiger partial charge in [-0.3, -0.25) is 9.59 Å². The van der Waals surface area contributed by atoms with E-state index in [0.29, 0.717) is 13.0 Å². The van der Waals surface area contributed by atoms with Crippen LogP contribution >= 0.6 is 0 Å². The normalized spacial score (nSPS) is 41.3. The van der Waals surface area contributed by atoms with Gasteiger partial charge in [-0.2, -0.15) is 0 Å². The quantitative estimate of drug-likeness (QED) is 0.612. The molecule has 3 rings (SSSR count). The molecule has 2 saturated heterocycles. The monoisotopic (exact) mass is 257 g/mol. The molecule has 2 atom stereocenters. The lowest BCUT2D eigenvalue weighted by Crippen LogP contribution is -2.36. The maximum absolute atomic E-state index is 12.3. The minimum absolute atomic E-state index is 0.0649. The van der Waals surface area contributed by atoms with Crippen molar-refractivity contribution >= 4 is 11.8 Å². The predicted octanol–water partition coefficient (Wildman–Crippen LogP) is -0.114. The zero-order valence-corrected chi connectivity index (χ0v) is 10.3. The van der Waals surface area contributed by atoms with Crippen LogP contribution in [0, 0.1) is 5.41 Å². The second-order valence-electron chi connectivity index (χ2n) is 5.01. The number of rotatable bonds is 1. The van der Waals surface area contributed by atoms with Gasteiger partial charge in [0.1, 0.15) is 0 Å². The van der Waals surface area contributed by atoms with Crippen molar-refractivity contribution in [3.05, 3.63) is 47.7 Å². The molecular weight excluding hydrogens is 242 g/mol. The lowest BCUT2D eigenvalue weighted by atomic mass is 9.78. The second kappa shape index (κ2) is 4.20. The standard InChI is InChI=1S/C14H15N3O2/c15-12(18)11-7-14(8-16-11)9-5-3-1-2-4-6-10(9)17-13(14)19/h1-6,11,16H,7-8H2,(H2,15,18)(H,17,19)/b2-1?,3-1-,4-2-,5-3?,6-4?,9-5+,10-6+. The van der Waals surface area contributed by atoms with Gasteiger partial charge >= 0.3 is 0 Å². The van der Waals surface area contributed by atoms with Crippen molar-refractivity contribution in [2.75, 3.05) is 6.54 Å². The van der Waals surface area contributed by atoms with Gasteiger partial charge < -0.3 is 16.4 Å². The first kappa shape index (κ1) is 11.9. The van der Waals surface area contributed by atoms with E-state index in [-0.39, 0.29) is 5.91 Å². The molecule has 3 aliphatic rings. The maximum atomic E-state index is 12.3. The van der Waals surface area contributed by atoms with Crippen LogP contribution in [0.25, 0.3) is 0 Å². The molecule has 0 aromatic rings. The van der Waals surface area contributed by atoms with Gasteiger partial charge in [0.2, 0.25) is 11.8 Å². The van der Waals surface area contributed by atoms with Crippen LogP contribution < -0.4 is 16.4 Å². The Kier molecular flexibility index (Phi) is 2.64. The van der Waals surface area contributed by atoms with E-state index in [2.05, 4.69) is 10.6 Å². The molecule has 2 heterocycles. The average Bonchev–Trinajstić information content (AvgIpc) is 2.87. The smallest absolute Gasteiger partial charge is 0.236 e. The van der Waals surface area contributed by atoms with Crippen molar-refractivity contribution in [3.63, 3.8) is 0 Å². The molecule has 4 N–H and O–H groups in total. The van der Waals surface area contributed by atoms with Crippen LogP contribution in [0.3, 0.4) is 0 Å². The first-order valence-electron chi connectivity index (χ1n) is 6.24. The van der Waals surface area contributed by atoms with Crippen LogP contribution in [-0.2, 0) is 9.59 Å². The molecule has 98 valence electrons. The topological polar surface area (TPSA) is 84.2 Å². The van der Waals surface area contributed by atoms with Gasteiger partial charge in [-0.25, -0.2) is 0 Å². The molecule has 0 bridgehead atoms. The molecule has 2 amide bonds. The fraction of sp³-hybridized carbons (Fsp3) is 0.286. The summed E-state index contributed by atoms with van der Waals surface area (Å²) in [6.07, 6.45) is 11.8. The van der Waals surface area contributed by atoms with E-state index in [0.717, 1.165) is 11.3 Å². The molecule has 1 aliphatic carbocycles. The fourth-order valence-electron chi connectivity index (χ4n) is 2.87. The highest BCUT2D eigenvalue weighted by molar-refractivity contribution is 5.96. The molecule has 5 heteroatoms. The Balaban J connectivity index is 2.02. The minimum Gasteiger partial charge on any atom is -0.368 e. The lowest BCUT2D eigenvalue weighted by Gasteiger charge is -2.20. The summed E-state index contributed by atoms with van der Waals surface area (Å²) in [7, 11) is 0. The molecule has 2 fully saturated rings. The zero-order chi connectivity index (χ0) is 13.5. The molecular formula is C14H15N3O2. The molecule has 19 heavy (non-hydrogen) atoms. The van der Waals surface area contributed by atoms with Gasteiger partial charge in [-0.05, 0) is 18.1 Å². The highest BCUT2D eigenvalue weighted by atomic mass is 16.2. The second-order valence-corrected chi connectivity index (χ2v) is 5.01. The van der Waals surface area contributed by atoms with Crippen molar-refractivity contribution in [1.82, 2.24) is 10.6 Å². The predicted molar refractivity (Wildman–Crippen MR) is 70.6 cm³/mol. The van der Waals surface area contributed by atoms with Gasteiger partial charge in [0.05, 0.1) is 11.5 Å². The fourth-order valence-corrected chi connectivity index (χ4v) is 2.87. The first-order chi connectivity index (χ1) is 9.13. The largest absolute Gasteiger partial charge is 0.368 e. The SMILES string of the molecule is NC(=O)C1CC2(CN1)C(=O)NC1=C/C=C\C=C/C=C\12. The Morgan fingerprint density at radius 2 is 2.00 bits per heavy atom. The summed E-state index contributed by atoms with van der Waals surface area (Å²) >= 11 is 0. The average molecular weight is 257 g/mol. The lowest BCUT2D eigenvalue weighted by molar-refractivity contribution is -0.125. The first-order valence-corrected chi connectivity index (χ1v) is 6.24. The number of allylic oxidation sites excluding steroid dienone is 7. The number of carbonyl (C=O) groups is 2. The van der Waals surface area contributed by atoms with Gasteiger partial charge in [0, 0.05) is 12.2 Å². The summed E-state index contributed by atoms with van der Waals surface area (Å²) in [6.45, 7) is 0.438. The van der Waals surface area contributed by atoms with Crippen LogP contribution in [0.15, 0.2) is 47.7 Å². The molecule has 0 radical (unpaired) electrons. The number of hydrogen-bond acceptors (Lipinski definition) is 3. The van der Waals surface area contributed by atoms with Gasteiger partial charge in [-0.15, -0.1) is 0 Å². The third-order valence-electron chi connectivity index (χ3n) is 3.89. The van der Waals surface area contributed by atoms with Crippen molar-refractivity contribution in [2.45, 2.75) is 12.5 Å². The molecule has 0 aromatic heterocycles. The highest BCUT2D eigenvalue weighted by Gasteiger charge is 2.54. The third kappa shape index (κ3) is 1.74. The van der Waals surface area contributed by atoms with E-state index in [4.69, 9.17) is 5.73 Å². The molecule has 5 nitrogen and oxygen atoms in total. The summed E-state index contributed by atoms with van der Waals surface area (Å²) in [5.41, 5.74) is 6.37. The van der Waals surface area contributed by atoms with Crippen molar-refractivity contribution in [2.24, 2.45) is 11.1 Å². The van der Waals surface area contributed by atoms with Crippen LogP contribution in [0.5, 0.6) is 0 Å². The van der Waals surface area contributed by atoms with E-state index in [1.165, 1.54) is 0 Å². The van der Waals surface area contributed by atoms with Crippen molar-refractivity contribution < 1.29 is 9.59 Å². The summed E-state index contributed by atoms with van der Waals surface area (Å²) < 4.78 is 0. The summed E-state index contributed by atoms with van der Waals surface area (Å²) in [4.78, 5) is 23.6. The third-order valence-corrected chi connectivity index (χ3v) is 3.89. The highest BCUT2D eigenvalue weighted by Crippen LogP contribution is 2.44. The summed E-state index contributed by atoms with van der Waals surface area (Å²) in [6, 6.07) is -0.448. The van der Waals surface area contributed by atoms with Crippen LogP contribution in [0.1, 0.15) is 6.42 Å². The van der Waals surface area contributed by atoms with E-state index in [9.17, 15) is 9.59 Å². The van der Waals surface area contributed by atoms with Gasteiger partial charge in [0.15, 0.2) is 0 Å². The number of fused-ring (bicyclic) bond motifs is 2. The summed E-state index contributed by atoms with van der Waals surface area (Å²) in [5.74, 6) is -0.478. The Morgan fingerprint density at radius 1 is 1.26 bits per heavy atom. The maximum Gasteiger partial charge on any atom is 0.236 e. The van der Waals surface area contributed by atoms with Crippen molar-refractivity contribution in [1.29, 1.82) is 0 Å². The van der Waals surface area contributed by atoms with Gasteiger partial charge in [0.25, 0.3) is 0 Å². The summed E-state index contributed by atoms with van der Waals surface area (Å²) in [5, 5.41) is 5.94. The Morgan fingerprint density at radius 3 is 2.68 bits per heavy atom. The van der Waals surface area contributed by atoms with Crippen molar-refractivity contribution in [3.8, 4) is 0 Å². The van der Waals surface area contributed by atoms with E-state index < -0.39 is 17.4 Å². The Labute approximate surface area is 110 Å². The molecule has 0 aromatic carbocycles. The number of amides is 2. The van der Waals surface area contributed by atoms with Crippen LogP contribution in [-0.4, -0.2) is 24.4 Å². The number of carbonyl (C=O) groups excluding carboxylic acids is 2. The Hall–Kier alpha value is -2.14. The zero-order valence-electron chi connectivity index (χ0n) is 10.3. The molecule has 1 spiro atoms. The molecule has 2 unspecified atom stereocenters. The van der Waals surface area contributed by atoms with E-state index in [1.807, 2.05) is 36.5 Å². The number of primary amides is 1. The van der Waals surface area contributed by atoms with Gasteiger partial charge in [-0.1, -0.05) is 30.4 Å². The molecule has 2 aliphatic heterocycles. The van der Waals surface area contributed by atoms with E-state index in [1.54, 1.807) is 0 Å². The number of hydrogen-bond donors (Lipinski definition) is 3. The number of nitrogens with one attached hydrogen (secondary N) is 2. The van der Waals surface area contributed by atoms with E-state index >= 15 is 0 Å². The molecule has 0 saturated carbocycles. The minimum atomic E-state index is -0.680. The van der Waals surface area contributed by atoms with Crippen LogP contribution in [0.2, 0.25) is 0 Å².